The molecule has 2 aromatic rings. The van der Waals surface area contributed by atoms with E-state index in [0.29, 0.717) is 25.4 Å². The van der Waals surface area contributed by atoms with Crippen LogP contribution >= 0.6 is 0 Å². The third kappa shape index (κ3) is 3.75. The zero-order valence-electron chi connectivity index (χ0n) is 13.8. The van der Waals surface area contributed by atoms with Gasteiger partial charge < -0.3 is 4.74 Å². The molecule has 1 saturated heterocycles. The fourth-order valence-corrected chi connectivity index (χ4v) is 2.84. The van der Waals surface area contributed by atoms with Crippen LogP contribution in [0.4, 0.5) is 4.39 Å². The van der Waals surface area contributed by atoms with Crippen LogP contribution in [0.5, 0.6) is 0 Å². The summed E-state index contributed by atoms with van der Waals surface area (Å²) in [5.74, 6) is -0.318. The van der Waals surface area contributed by atoms with E-state index in [2.05, 4.69) is 22.5 Å². The van der Waals surface area contributed by atoms with E-state index >= 15 is 0 Å². The van der Waals surface area contributed by atoms with Gasteiger partial charge in [-0.3, -0.25) is 15.3 Å². The minimum atomic E-state index is -0.318. The molecule has 24 heavy (non-hydrogen) atoms. The predicted octanol–water partition coefficient (Wildman–Crippen LogP) is 1.59. The summed E-state index contributed by atoms with van der Waals surface area (Å²) in [5.41, 5.74) is 5.51. The first-order chi connectivity index (χ1) is 11.7. The summed E-state index contributed by atoms with van der Waals surface area (Å²) < 4.78 is 19.9. The molecule has 0 saturated carbocycles. The number of benzene rings is 1. The Morgan fingerprint density at radius 2 is 1.96 bits per heavy atom. The molecule has 0 atom stereocenters. The summed E-state index contributed by atoms with van der Waals surface area (Å²) in [7, 11) is 0. The van der Waals surface area contributed by atoms with E-state index in [1.807, 2.05) is 0 Å². The van der Waals surface area contributed by atoms with Crippen LogP contribution in [0.3, 0.4) is 0 Å². The van der Waals surface area contributed by atoms with E-state index in [0.717, 1.165) is 37.2 Å². The van der Waals surface area contributed by atoms with Gasteiger partial charge in [0.05, 0.1) is 24.5 Å². The topological polar surface area (TPSA) is 62.3 Å². The molecule has 0 bridgehead atoms. The van der Waals surface area contributed by atoms with E-state index in [9.17, 15) is 9.18 Å². The molecule has 1 fully saturated rings. The number of H-pyrrole nitrogens is 1. The van der Waals surface area contributed by atoms with Gasteiger partial charge in [0.15, 0.2) is 0 Å². The maximum absolute atomic E-state index is 13.1. The predicted molar refractivity (Wildman–Crippen MR) is 89.6 cm³/mol. The minimum absolute atomic E-state index is 0.0918. The largest absolute Gasteiger partial charge is 0.379 e. The van der Waals surface area contributed by atoms with Crippen molar-refractivity contribution >= 4 is 0 Å². The lowest BCUT2D eigenvalue weighted by atomic mass is 10.1. The highest BCUT2D eigenvalue weighted by atomic mass is 19.1. The van der Waals surface area contributed by atoms with Gasteiger partial charge in [-0.15, -0.1) is 0 Å². The van der Waals surface area contributed by atoms with Crippen molar-refractivity contribution in [3.8, 4) is 5.69 Å². The van der Waals surface area contributed by atoms with Gasteiger partial charge in [-0.2, -0.15) is 0 Å². The normalized spacial score (nSPS) is 15.8. The highest BCUT2D eigenvalue weighted by Gasteiger charge is 2.17. The first-order valence-corrected chi connectivity index (χ1v) is 8.34. The number of rotatable bonds is 6. The molecule has 0 radical (unpaired) electrons. The lowest BCUT2D eigenvalue weighted by Crippen LogP contribution is -2.45. The Bertz CT molecular complexity index is 717. The van der Waals surface area contributed by atoms with Crippen LogP contribution < -0.4 is 11.0 Å². The number of aromatic amines is 1. The molecule has 1 aromatic heterocycles. The van der Waals surface area contributed by atoms with Crippen molar-refractivity contribution in [1.29, 1.82) is 0 Å². The average Bonchev–Trinajstić information content (AvgIpc) is 2.91. The SMILES string of the molecule is CCCc1[nH]n(-c2ccc(F)cc2)c(=O)c1CNN1CCOCC1. The second-order valence-electron chi connectivity index (χ2n) is 5.87. The lowest BCUT2D eigenvalue weighted by Gasteiger charge is -2.27. The highest BCUT2D eigenvalue weighted by molar-refractivity contribution is 5.33. The lowest BCUT2D eigenvalue weighted by molar-refractivity contribution is 0.0105. The maximum atomic E-state index is 13.1. The number of nitrogens with one attached hydrogen (secondary N) is 2. The van der Waals surface area contributed by atoms with Crippen molar-refractivity contribution in [3.05, 3.63) is 51.7 Å². The van der Waals surface area contributed by atoms with Gasteiger partial charge in [0, 0.05) is 25.3 Å². The smallest absolute Gasteiger partial charge is 0.276 e. The van der Waals surface area contributed by atoms with Crippen LogP contribution in [0.2, 0.25) is 0 Å². The Labute approximate surface area is 140 Å². The zero-order valence-corrected chi connectivity index (χ0v) is 13.8. The second-order valence-corrected chi connectivity index (χ2v) is 5.87. The van der Waals surface area contributed by atoms with Crippen LogP contribution in [-0.4, -0.2) is 41.1 Å². The Kier molecular flexibility index (Phi) is 5.44. The summed E-state index contributed by atoms with van der Waals surface area (Å²) in [6.45, 7) is 5.55. The quantitative estimate of drug-likeness (QED) is 0.842. The van der Waals surface area contributed by atoms with Gasteiger partial charge in [0.1, 0.15) is 5.82 Å². The molecular formula is C17H23FN4O2. The van der Waals surface area contributed by atoms with Crippen molar-refractivity contribution in [2.24, 2.45) is 0 Å². The summed E-state index contributed by atoms with van der Waals surface area (Å²) in [5, 5.41) is 5.25. The Balaban J connectivity index is 1.83. The monoisotopic (exact) mass is 334 g/mol. The first-order valence-electron chi connectivity index (χ1n) is 8.34. The summed E-state index contributed by atoms with van der Waals surface area (Å²) in [6.07, 6.45) is 1.73. The zero-order chi connectivity index (χ0) is 16.9. The van der Waals surface area contributed by atoms with E-state index in [1.54, 1.807) is 12.1 Å². The Hall–Kier alpha value is -1.96. The van der Waals surface area contributed by atoms with Crippen LogP contribution in [0, 0.1) is 5.82 Å². The number of hydrogen-bond acceptors (Lipinski definition) is 4. The number of halogens is 1. The standard InChI is InChI=1S/C17H23FN4O2/c1-2-3-16-15(12-19-21-8-10-24-11-9-21)17(23)22(20-16)14-6-4-13(18)5-7-14/h4-7,19-20H,2-3,8-12H2,1H3. The highest BCUT2D eigenvalue weighted by Crippen LogP contribution is 2.11. The van der Waals surface area contributed by atoms with Crippen LogP contribution in [0.25, 0.3) is 5.69 Å². The number of morpholine rings is 1. The van der Waals surface area contributed by atoms with Gasteiger partial charge in [-0.05, 0) is 30.7 Å². The van der Waals surface area contributed by atoms with Gasteiger partial charge >= 0.3 is 0 Å². The molecular weight excluding hydrogens is 311 g/mol. The molecule has 1 aromatic carbocycles. The van der Waals surface area contributed by atoms with Crippen molar-refractivity contribution in [2.45, 2.75) is 26.3 Å². The number of hydrogen-bond donors (Lipinski definition) is 2. The van der Waals surface area contributed by atoms with Gasteiger partial charge in [0.25, 0.3) is 5.56 Å². The molecule has 6 nitrogen and oxygen atoms in total. The van der Waals surface area contributed by atoms with Crippen molar-refractivity contribution in [2.75, 3.05) is 26.3 Å². The Morgan fingerprint density at radius 1 is 1.25 bits per heavy atom. The van der Waals surface area contributed by atoms with Crippen LogP contribution in [0.15, 0.2) is 29.1 Å². The average molecular weight is 334 g/mol. The molecule has 2 heterocycles. The van der Waals surface area contributed by atoms with Crippen molar-refractivity contribution in [1.82, 2.24) is 20.2 Å². The summed E-state index contributed by atoms with van der Waals surface area (Å²) in [4.78, 5) is 12.8. The number of ether oxygens (including phenoxy) is 1. The van der Waals surface area contributed by atoms with Gasteiger partial charge in [-0.25, -0.2) is 14.1 Å². The molecule has 1 aliphatic rings. The number of aryl methyl sites for hydroxylation is 1. The van der Waals surface area contributed by atoms with Crippen molar-refractivity contribution in [3.63, 3.8) is 0 Å². The summed E-state index contributed by atoms with van der Waals surface area (Å²) in [6, 6.07) is 5.91. The fraction of sp³-hybridized carbons (Fsp3) is 0.471. The molecule has 0 aliphatic carbocycles. The number of aromatic nitrogens is 2. The third-order valence-corrected chi connectivity index (χ3v) is 4.15. The van der Waals surface area contributed by atoms with Gasteiger partial charge in [0.2, 0.25) is 0 Å². The first kappa shape index (κ1) is 16.9. The van der Waals surface area contributed by atoms with Crippen LogP contribution in [0.1, 0.15) is 24.6 Å². The molecule has 0 unspecified atom stereocenters. The Morgan fingerprint density at radius 3 is 2.62 bits per heavy atom. The summed E-state index contributed by atoms with van der Waals surface area (Å²) >= 11 is 0. The third-order valence-electron chi connectivity index (χ3n) is 4.15. The second kappa shape index (κ2) is 7.74. The molecule has 1 aliphatic heterocycles. The minimum Gasteiger partial charge on any atom is -0.379 e. The van der Waals surface area contributed by atoms with E-state index in [-0.39, 0.29) is 11.4 Å². The van der Waals surface area contributed by atoms with E-state index in [1.165, 1.54) is 16.8 Å². The number of nitrogens with zero attached hydrogens (tertiary/aromatic N) is 2. The molecule has 130 valence electrons. The molecule has 0 spiro atoms. The molecule has 3 rings (SSSR count). The van der Waals surface area contributed by atoms with Crippen LogP contribution in [-0.2, 0) is 17.7 Å². The van der Waals surface area contributed by atoms with Gasteiger partial charge in [-0.1, -0.05) is 13.3 Å². The fourth-order valence-electron chi connectivity index (χ4n) is 2.84. The number of hydrazine groups is 1. The molecule has 7 heteroatoms. The van der Waals surface area contributed by atoms with E-state index < -0.39 is 0 Å². The molecule has 2 N–H and O–H groups in total. The maximum Gasteiger partial charge on any atom is 0.276 e. The van der Waals surface area contributed by atoms with Crippen molar-refractivity contribution < 1.29 is 9.13 Å². The van der Waals surface area contributed by atoms with E-state index in [4.69, 9.17) is 4.74 Å². The molecule has 0 amide bonds.